The van der Waals surface area contributed by atoms with Crippen molar-refractivity contribution in [2.45, 2.75) is 16.8 Å². The number of hydrogen-bond acceptors (Lipinski definition) is 3. The molecule has 0 radical (unpaired) electrons. The average molecular weight is 456 g/mol. The summed E-state index contributed by atoms with van der Waals surface area (Å²) in [4.78, 5) is 26.2. The first kappa shape index (κ1) is 23.8. The van der Waals surface area contributed by atoms with Gasteiger partial charge in [0.05, 0.1) is 0 Å². The van der Waals surface area contributed by atoms with E-state index >= 15 is 0 Å². The van der Waals surface area contributed by atoms with E-state index in [0.29, 0.717) is 0 Å². The van der Waals surface area contributed by atoms with Crippen LogP contribution in [0, 0.1) is 0 Å². The Morgan fingerprint density at radius 2 is 0.889 bits per heavy atom. The zero-order valence-corrected chi connectivity index (χ0v) is 17.6. The summed E-state index contributed by atoms with van der Waals surface area (Å²) < 4.78 is 0. The molecule has 3 aromatic carbocycles. The summed E-state index contributed by atoms with van der Waals surface area (Å²) in [6.07, 6.45) is -0.0339. The molecular formula is C21H26ClCuO3P. The monoisotopic (exact) mass is 455 g/mol. The minimum absolute atomic E-state index is 0. The van der Waals surface area contributed by atoms with Crippen molar-refractivity contribution in [3.8, 4) is 0 Å². The minimum atomic E-state index is -3.90. The first-order valence-corrected chi connectivity index (χ1v) is 11.6. The quantitative estimate of drug-likeness (QED) is 0.377. The maximum atomic E-state index is 8.72. The zero-order chi connectivity index (χ0) is 18.7. The van der Waals surface area contributed by atoms with Gasteiger partial charge in [0, 0.05) is 0 Å². The van der Waals surface area contributed by atoms with E-state index in [-0.39, 0.29) is 18.6 Å². The van der Waals surface area contributed by atoms with Crippen molar-refractivity contribution in [3.05, 3.63) is 108 Å². The normalized spacial score (nSPS) is 11.1. The Balaban J connectivity index is 0.000000273. The first-order chi connectivity index (χ1) is 12.5. The molecule has 27 heavy (non-hydrogen) atoms. The number of halogens is 1. The van der Waals surface area contributed by atoms with Gasteiger partial charge in [0.1, 0.15) is 0 Å². The summed E-state index contributed by atoms with van der Waals surface area (Å²) in [6.45, 7) is 0. The van der Waals surface area contributed by atoms with Gasteiger partial charge in [0.2, 0.25) is 0 Å². The molecule has 3 nitrogen and oxygen atoms in total. The van der Waals surface area contributed by atoms with Gasteiger partial charge in [0.15, 0.2) is 0 Å². The van der Waals surface area contributed by atoms with Gasteiger partial charge >= 0.3 is 162 Å². The summed E-state index contributed by atoms with van der Waals surface area (Å²) in [5.41, 5.74) is 3.54. The Bertz CT molecular complexity index is 698. The fourth-order valence-electron chi connectivity index (χ4n) is 2.18. The molecule has 0 spiro atoms. The molecule has 0 atom stereocenters. The van der Waals surface area contributed by atoms with E-state index in [0.717, 1.165) is 16.2 Å². The van der Waals surface area contributed by atoms with Crippen molar-refractivity contribution in [1.82, 2.24) is 0 Å². The van der Waals surface area contributed by atoms with Crippen molar-refractivity contribution in [2.75, 3.05) is 0 Å². The Hall–Kier alpha value is -1.22. The maximum absolute atomic E-state index is 8.72. The summed E-state index contributed by atoms with van der Waals surface area (Å²) in [7, 11) is -3.90. The van der Waals surface area contributed by atoms with Crippen LogP contribution < -0.4 is 0 Å². The molecule has 6 heteroatoms. The van der Waals surface area contributed by atoms with Gasteiger partial charge in [-0.1, -0.05) is 0 Å². The molecule has 3 N–H and O–H groups in total. The predicted molar refractivity (Wildman–Crippen MR) is 113 cm³/mol. The van der Waals surface area contributed by atoms with Crippen LogP contribution in [0.2, 0.25) is 0 Å². The first-order valence-electron chi connectivity index (χ1n) is 8.24. The van der Waals surface area contributed by atoms with Crippen molar-refractivity contribution < 1.29 is 29.6 Å². The summed E-state index contributed by atoms with van der Waals surface area (Å²) in [5.74, 6) is 0. The van der Waals surface area contributed by atoms with E-state index in [9.17, 15) is 0 Å². The molecule has 3 rings (SSSR count). The van der Waals surface area contributed by atoms with Crippen molar-refractivity contribution in [3.63, 3.8) is 0 Å². The van der Waals surface area contributed by atoms with Crippen LogP contribution in [-0.4, -0.2) is 14.7 Å². The Morgan fingerprint density at radius 3 is 1.22 bits per heavy atom. The average Bonchev–Trinajstić information content (AvgIpc) is 2.64. The molecule has 0 aromatic heterocycles. The van der Waals surface area contributed by atoms with Gasteiger partial charge in [-0.25, -0.2) is 0 Å². The molecule has 0 fully saturated rings. The number of benzene rings is 3. The van der Waals surface area contributed by atoms with Crippen LogP contribution in [0.1, 0.15) is 16.7 Å². The van der Waals surface area contributed by atoms with E-state index < -0.39 is 7.94 Å². The van der Waals surface area contributed by atoms with Gasteiger partial charge < -0.3 is 0 Å². The van der Waals surface area contributed by atoms with E-state index in [1.807, 2.05) is 6.07 Å². The van der Waals surface area contributed by atoms with Crippen LogP contribution in [0.3, 0.4) is 0 Å². The van der Waals surface area contributed by atoms with Crippen molar-refractivity contribution in [1.29, 1.82) is 0 Å². The Labute approximate surface area is 174 Å². The molecule has 0 saturated carbocycles. The van der Waals surface area contributed by atoms with Crippen molar-refractivity contribution in [2.24, 2.45) is 0 Å². The Morgan fingerprint density at radius 1 is 0.556 bits per heavy atom. The van der Waals surface area contributed by atoms with Gasteiger partial charge in [-0.2, -0.15) is 0 Å². The van der Waals surface area contributed by atoms with E-state index in [1.165, 1.54) is 11.1 Å². The molecule has 0 saturated heterocycles. The van der Waals surface area contributed by atoms with Crippen molar-refractivity contribution >= 4 is 20.4 Å². The molecule has 3 aromatic rings. The SMILES string of the molecule is Cl.O[PH](O)(O)Cc1ccccc1.c1ccc([CH2][Cu][CH2]c2ccccc2)cc1. The topological polar surface area (TPSA) is 60.7 Å². The van der Waals surface area contributed by atoms with E-state index in [4.69, 9.17) is 14.7 Å². The van der Waals surface area contributed by atoms with Crippen LogP contribution in [0.4, 0.5) is 0 Å². The Kier molecular flexibility index (Phi) is 11.5. The third-order valence-electron chi connectivity index (χ3n) is 3.37. The molecule has 0 bridgehead atoms. The zero-order valence-electron chi connectivity index (χ0n) is 14.8. The second kappa shape index (κ2) is 13.0. The molecule has 151 valence electrons. The number of hydrogen-bond donors (Lipinski definition) is 3. The van der Waals surface area contributed by atoms with Gasteiger partial charge in [-0.3, -0.25) is 0 Å². The second-order valence-electron chi connectivity index (χ2n) is 5.77. The standard InChI is InChI=1S/C7H11O3P.2C7H7.ClH.Cu/c8-11(9,10)6-7-4-2-1-3-5-7;2*1-7-5-3-2-4-6-7;;/h1-5,8-11H,6H2;2*2-6H,1H2;1H;. The summed E-state index contributed by atoms with van der Waals surface area (Å²) >= 11 is 2.05. The van der Waals surface area contributed by atoms with Gasteiger partial charge in [-0.05, 0) is 0 Å². The third-order valence-corrected chi connectivity index (χ3v) is 5.49. The number of rotatable bonds is 6. The molecular weight excluding hydrogens is 430 g/mol. The molecule has 0 aliphatic carbocycles. The van der Waals surface area contributed by atoms with Gasteiger partial charge in [0.25, 0.3) is 0 Å². The van der Waals surface area contributed by atoms with Crippen LogP contribution >= 0.6 is 20.4 Å². The van der Waals surface area contributed by atoms with Gasteiger partial charge in [-0.15, -0.1) is 12.4 Å². The molecule has 0 heterocycles. The second-order valence-corrected chi connectivity index (χ2v) is 8.81. The third kappa shape index (κ3) is 11.3. The van der Waals surface area contributed by atoms with Crippen LogP contribution in [-0.2, 0) is 31.8 Å². The predicted octanol–water partition coefficient (Wildman–Crippen LogP) is 4.55. The van der Waals surface area contributed by atoms with Crippen LogP contribution in [0.5, 0.6) is 0 Å². The summed E-state index contributed by atoms with van der Waals surface area (Å²) in [6, 6.07) is 30.1. The fourth-order valence-corrected chi connectivity index (χ4v) is 4.07. The molecule has 0 unspecified atom stereocenters. The fraction of sp³-hybridized carbons (Fsp3) is 0.143. The molecule has 0 aliphatic rings. The molecule has 0 amide bonds. The van der Waals surface area contributed by atoms with Crippen LogP contribution in [0.25, 0.3) is 0 Å². The van der Waals surface area contributed by atoms with Crippen LogP contribution in [0.15, 0.2) is 91.0 Å². The van der Waals surface area contributed by atoms with E-state index in [1.54, 1.807) is 24.3 Å². The molecule has 0 aliphatic heterocycles. The van der Waals surface area contributed by atoms with E-state index in [2.05, 4.69) is 75.6 Å². The summed E-state index contributed by atoms with van der Waals surface area (Å²) in [5, 5.41) is 2.17.